The first-order chi connectivity index (χ1) is 14.7. The lowest BCUT2D eigenvalue weighted by Gasteiger charge is -2.10. The van der Waals surface area contributed by atoms with Gasteiger partial charge in [-0.05, 0) is 38.0 Å². The standard InChI is InChI=1S/C21H23N7OS/c1-3-29-19-15(14-11-22-28(2)12-14)10-17-16(24-19)8-9-18(23-17)25-21-27-26-20(30-21)13-6-4-5-7-13/h8-13H,3-7H2,1-2H3,(H,23,25,27). The van der Waals surface area contributed by atoms with E-state index in [1.807, 2.05) is 38.4 Å². The van der Waals surface area contributed by atoms with Crippen LogP contribution in [-0.4, -0.2) is 36.6 Å². The van der Waals surface area contributed by atoms with Crippen molar-refractivity contribution in [3.63, 3.8) is 0 Å². The molecule has 1 fully saturated rings. The lowest BCUT2D eigenvalue weighted by atomic mass is 10.1. The highest BCUT2D eigenvalue weighted by atomic mass is 32.1. The number of hydrogen-bond donors (Lipinski definition) is 1. The highest BCUT2D eigenvalue weighted by Crippen LogP contribution is 2.37. The first-order valence-electron chi connectivity index (χ1n) is 10.2. The van der Waals surface area contributed by atoms with Crippen molar-refractivity contribution in [2.45, 2.75) is 38.5 Å². The third-order valence-electron chi connectivity index (χ3n) is 5.31. The molecule has 1 aliphatic rings. The van der Waals surface area contributed by atoms with Crippen LogP contribution in [0, 0.1) is 0 Å². The Kier molecular flexibility index (Phi) is 5.04. The van der Waals surface area contributed by atoms with Gasteiger partial charge in [0.05, 0.1) is 23.8 Å². The summed E-state index contributed by atoms with van der Waals surface area (Å²) in [4.78, 5) is 9.43. The highest BCUT2D eigenvalue weighted by molar-refractivity contribution is 7.15. The van der Waals surface area contributed by atoms with Crippen molar-refractivity contribution in [3.8, 4) is 17.0 Å². The Morgan fingerprint density at radius 3 is 2.80 bits per heavy atom. The maximum absolute atomic E-state index is 5.78. The minimum absolute atomic E-state index is 0.541. The van der Waals surface area contributed by atoms with Crippen molar-refractivity contribution < 1.29 is 4.74 Å². The minimum Gasteiger partial charge on any atom is -0.478 e. The largest absolute Gasteiger partial charge is 0.478 e. The van der Waals surface area contributed by atoms with Crippen molar-refractivity contribution in [1.82, 2.24) is 29.9 Å². The molecule has 30 heavy (non-hydrogen) atoms. The molecule has 9 heteroatoms. The Balaban J connectivity index is 1.46. The maximum atomic E-state index is 5.78. The molecule has 0 unspecified atom stereocenters. The molecule has 0 amide bonds. The first-order valence-corrected chi connectivity index (χ1v) is 11.1. The number of pyridine rings is 2. The minimum atomic E-state index is 0.541. The normalized spacial score (nSPS) is 14.5. The summed E-state index contributed by atoms with van der Waals surface area (Å²) in [5, 5.41) is 18.2. The van der Waals surface area contributed by atoms with Gasteiger partial charge >= 0.3 is 0 Å². The number of nitrogens with one attached hydrogen (secondary N) is 1. The van der Waals surface area contributed by atoms with E-state index in [0.717, 1.165) is 38.1 Å². The van der Waals surface area contributed by atoms with Gasteiger partial charge in [0, 0.05) is 30.3 Å². The Morgan fingerprint density at radius 2 is 2.03 bits per heavy atom. The topological polar surface area (TPSA) is 90.6 Å². The molecule has 8 nitrogen and oxygen atoms in total. The van der Waals surface area contributed by atoms with E-state index in [2.05, 4.69) is 25.6 Å². The zero-order valence-corrected chi connectivity index (χ0v) is 17.8. The van der Waals surface area contributed by atoms with Crippen molar-refractivity contribution in [2.24, 2.45) is 7.05 Å². The van der Waals surface area contributed by atoms with Crippen LogP contribution in [0.2, 0.25) is 0 Å². The van der Waals surface area contributed by atoms with Gasteiger partial charge in [-0.2, -0.15) is 5.10 Å². The average molecular weight is 422 g/mol. The quantitative estimate of drug-likeness (QED) is 0.483. The number of aryl methyl sites for hydroxylation is 1. The van der Waals surface area contributed by atoms with E-state index in [-0.39, 0.29) is 0 Å². The van der Waals surface area contributed by atoms with Crippen molar-refractivity contribution in [2.75, 3.05) is 11.9 Å². The number of anilines is 2. The molecule has 0 atom stereocenters. The summed E-state index contributed by atoms with van der Waals surface area (Å²) in [7, 11) is 1.89. The van der Waals surface area contributed by atoms with E-state index in [9.17, 15) is 0 Å². The molecule has 4 aromatic rings. The number of aromatic nitrogens is 6. The van der Waals surface area contributed by atoms with Gasteiger partial charge in [-0.15, -0.1) is 10.2 Å². The second-order valence-corrected chi connectivity index (χ2v) is 8.47. The number of hydrogen-bond acceptors (Lipinski definition) is 8. The summed E-state index contributed by atoms with van der Waals surface area (Å²) in [5.41, 5.74) is 3.38. The molecule has 0 aromatic carbocycles. The smallest absolute Gasteiger partial charge is 0.222 e. The molecule has 0 bridgehead atoms. The molecule has 1 N–H and O–H groups in total. The summed E-state index contributed by atoms with van der Waals surface area (Å²) in [6.07, 6.45) is 8.75. The molecule has 5 rings (SSSR count). The Labute approximate surface area is 178 Å². The van der Waals surface area contributed by atoms with Gasteiger partial charge in [0.2, 0.25) is 11.0 Å². The van der Waals surface area contributed by atoms with E-state index < -0.39 is 0 Å². The summed E-state index contributed by atoms with van der Waals surface area (Å²) >= 11 is 1.62. The summed E-state index contributed by atoms with van der Waals surface area (Å²) < 4.78 is 7.54. The predicted octanol–water partition coefficient (Wildman–Crippen LogP) is 4.68. The first kappa shape index (κ1) is 18.9. The summed E-state index contributed by atoms with van der Waals surface area (Å²) in [6.45, 7) is 2.49. The average Bonchev–Trinajstić information content (AvgIpc) is 3.49. The van der Waals surface area contributed by atoms with Crippen LogP contribution in [0.4, 0.5) is 10.9 Å². The number of ether oxygens (including phenoxy) is 1. The van der Waals surface area contributed by atoms with Crippen LogP contribution in [-0.2, 0) is 7.05 Å². The zero-order chi connectivity index (χ0) is 20.5. The molecule has 0 saturated heterocycles. The van der Waals surface area contributed by atoms with Crippen molar-refractivity contribution in [3.05, 3.63) is 35.6 Å². The van der Waals surface area contributed by atoms with Gasteiger partial charge in [-0.25, -0.2) is 9.97 Å². The SMILES string of the molecule is CCOc1nc2ccc(Nc3nnc(C4CCCC4)s3)nc2cc1-c1cnn(C)c1. The predicted molar refractivity (Wildman–Crippen MR) is 117 cm³/mol. The van der Waals surface area contributed by atoms with E-state index >= 15 is 0 Å². The van der Waals surface area contributed by atoms with Crippen LogP contribution in [0.25, 0.3) is 22.2 Å². The van der Waals surface area contributed by atoms with Crippen molar-refractivity contribution in [1.29, 1.82) is 0 Å². The lowest BCUT2D eigenvalue weighted by Crippen LogP contribution is -1.99. The Morgan fingerprint density at radius 1 is 1.17 bits per heavy atom. The number of nitrogens with zero attached hydrogens (tertiary/aromatic N) is 6. The molecular formula is C21H23N7OS. The molecular weight excluding hydrogens is 398 g/mol. The summed E-state index contributed by atoms with van der Waals surface area (Å²) in [6, 6.07) is 5.85. The molecule has 1 aliphatic carbocycles. The molecule has 0 spiro atoms. The Bertz CT molecular complexity index is 1180. The van der Waals surface area contributed by atoms with Gasteiger partial charge in [-0.3, -0.25) is 4.68 Å². The number of fused-ring (bicyclic) bond motifs is 1. The van der Waals surface area contributed by atoms with Crippen LogP contribution >= 0.6 is 11.3 Å². The van der Waals surface area contributed by atoms with Gasteiger partial charge in [0.15, 0.2) is 0 Å². The van der Waals surface area contributed by atoms with Crippen LogP contribution in [0.5, 0.6) is 5.88 Å². The fourth-order valence-corrected chi connectivity index (χ4v) is 4.77. The van der Waals surface area contributed by atoms with Gasteiger partial charge < -0.3 is 10.1 Å². The molecule has 4 heterocycles. The number of rotatable bonds is 6. The maximum Gasteiger partial charge on any atom is 0.222 e. The zero-order valence-electron chi connectivity index (χ0n) is 17.0. The highest BCUT2D eigenvalue weighted by Gasteiger charge is 2.21. The van der Waals surface area contributed by atoms with Crippen LogP contribution in [0.3, 0.4) is 0 Å². The van der Waals surface area contributed by atoms with Crippen molar-refractivity contribution >= 4 is 33.3 Å². The monoisotopic (exact) mass is 421 g/mol. The molecule has 0 aliphatic heterocycles. The molecule has 1 saturated carbocycles. The fraction of sp³-hybridized carbons (Fsp3) is 0.381. The van der Waals surface area contributed by atoms with E-state index in [1.54, 1.807) is 22.2 Å². The van der Waals surface area contributed by atoms with Gasteiger partial charge in [0.1, 0.15) is 10.8 Å². The second kappa shape index (κ2) is 7.98. The van der Waals surface area contributed by atoms with E-state index in [0.29, 0.717) is 18.4 Å². The molecule has 154 valence electrons. The van der Waals surface area contributed by atoms with Crippen LogP contribution < -0.4 is 10.1 Å². The van der Waals surface area contributed by atoms with Crippen LogP contribution in [0.1, 0.15) is 43.5 Å². The molecule has 0 radical (unpaired) electrons. The van der Waals surface area contributed by atoms with Gasteiger partial charge in [0.25, 0.3) is 0 Å². The fourth-order valence-electron chi connectivity index (χ4n) is 3.85. The van der Waals surface area contributed by atoms with E-state index in [4.69, 9.17) is 9.72 Å². The second-order valence-electron chi connectivity index (χ2n) is 7.46. The van der Waals surface area contributed by atoms with E-state index in [1.165, 1.54) is 25.7 Å². The molecule has 4 aromatic heterocycles. The lowest BCUT2D eigenvalue weighted by molar-refractivity contribution is 0.329. The summed E-state index contributed by atoms with van der Waals surface area (Å²) in [5.74, 6) is 1.87. The third-order valence-corrected chi connectivity index (χ3v) is 6.31. The Hall–Kier alpha value is -3.07. The third kappa shape index (κ3) is 3.72. The van der Waals surface area contributed by atoms with Gasteiger partial charge in [-0.1, -0.05) is 24.2 Å². The van der Waals surface area contributed by atoms with Crippen LogP contribution in [0.15, 0.2) is 30.6 Å².